The predicted octanol–water partition coefficient (Wildman–Crippen LogP) is 1.51. The molecule has 6 aliphatic rings. The molecule has 1 aliphatic carbocycles. The lowest BCUT2D eigenvalue weighted by Crippen LogP contribution is -2.64. The van der Waals surface area contributed by atoms with E-state index < -0.39 is 29.9 Å². The Morgan fingerprint density at radius 2 is 1.82 bits per heavy atom. The van der Waals surface area contributed by atoms with Crippen LogP contribution in [0.25, 0.3) is 11.1 Å². The normalized spacial score (nSPS) is 30.5. The number of aliphatic hydroxyl groups is 1. The van der Waals surface area contributed by atoms with Crippen LogP contribution in [0.5, 0.6) is 5.75 Å². The monoisotopic (exact) mass is 599 g/mol. The van der Waals surface area contributed by atoms with E-state index in [2.05, 4.69) is 6.07 Å². The van der Waals surface area contributed by atoms with E-state index in [-0.39, 0.29) is 35.3 Å². The highest BCUT2D eigenvalue weighted by Gasteiger charge is 2.58. The predicted molar refractivity (Wildman–Crippen MR) is 156 cm³/mol. The highest BCUT2D eigenvalue weighted by Crippen LogP contribution is 2.49. The van der Waals surface area contributed by atoms with Crippen molar-refractivity contribution < 1.29 is 38.6 Å². The van der Waals surface area contributed by atoms with E-state index in [0.29, 0.717) is 34.4 Å². The van der Waals surface area contributed by atoms with E-state index in [1.54, 1.807) is 18.2 Å². The minimum atomic E-state index is -1.45. The van der Waals surface area contributed by atoms with Crippen LogP contribution in [0.2, 0.25) is 0 Å². The van der Waals surface area contributed by atoms with Crippen LogP contribution < -0.4 is 15.6 Å². The fourth-order valence-electron chi connectivity index (χ4n) is 8.73. The van der Waals surface area contributed by atoms with Gasteiger partial charge >= 0.3 is 0 Å². The van der Waals surface area contributed by atoms with Crippen molar-refractivity contribution >= 4 is 23.6 Å². The number of aliphatic carboxylic acids is 1. The number of carbonyl (C=O) groups excluding carboxylic acids is 4. The van der Waals surface area contributed by atoms with Crippen LogP contribution in [0.4, 0.5) is 0 Å². The molecule has 10 nitrogen and oxygen atoms in total. The molecule has 3 unspecified atom stereocenters. The van der Waals surface area contributed by atoms with E-state index in [0.717, 1.165) is 61.1 Å². The van der Waals surface area contributed by atoms with E-state index in [4.69, 9.17) is 10.5 Å². The number of carbonyl (C=O) groups is 4. The van der Waals surface area contributed by atoms with Gasteiger partial charge in [0.25, 0.3) is 0 Å². The van der Waals surface area contributed by atoms with Gasteiger partial charge in [0.05, 0.1) is 49.4 Å². The van der Waals surface area contributed by atoms with Crippen molar-refractivity contribution in [1.82, 2.24) is 4.90 Å². The zero-order chi connectivity index (χ0) is 31.1. The lowest BCUT2D eigenvalue weighted by atomic mass is 9.68. The molecule has 2 bridgehead atoms. The quantitative estimate of drug-likeness (QED) is 0.280. The number of nitrogens with two attached hydrogens (primary N) is 1. The van der Waals surface area contributed by atoms with Crippen LogP contribution in [0.15, 0.2) is 47.7 Å². The molecular formula is C34H37N3O7. The summed E-state index contributed by atoms with van der Waals surface area (Å²) in [7, 11) is 0. The van der Waals surface area contributed by atoms with Crippen LogP contribution >= 0.6 is 0 Å². The number of carboxylic acids is 1. The average Bonchev–Trinajstić information content (AvgIpc) is 3.40. The molecular weight excluding hydrogens is 562 g/mol. The first-order chi connectivity index (χ1) is 20.9. The number of aliphatic hydroxyl groups excluding tert-OH is 1. The minimum absolute atomic E-state index is 0.0529. The minimum Gasteiger partial charge on any atom is -0.543 e. The number of piperidine rings is 3. The van der Waals surface area contributed by atoms with Crippen LogP contribution in [-0.2, 0) is 20.9 Å². The van der Waals surface area contributed by atoms with Gasteiger partial charge in [-0.25, -0.2) is 0 Å². The lowest BCUT2D eigenvalue weighted by Gasteiger charge is -2.54. The Kier molecular flexibility index (Phi) is 6.53. The van der Waals surface area contributed by atoms with Crippen molar-refractivity contribution in [1.29, 1.82) is 0 Å². The fraction of sp³-hybridized carbons (Fsp3) is 0.471. The first-order valence-corrected chi connectivity index (χ1v) is 15.5. The second-order valence-corrected chi connectivity index (χ2v) is 13.7. The summed E-state index contributed by atoms with van der Waals surface area (Å²) in [6.45, 7) is 7.11. The van der Waals surface area contributed by atoms with Gasteiger partial charge in [-0.15, -0.1) is 0 Å². The largest absolute Gasteiger partial charge is 0.543 e. The third-order valence-electron chi connectivity index (χ3n) is 11.2. The summed E-state index contributed by atoms with van der Waals surface area (Å²) < 4.78 is 7.19. The number of ketones is 1. The Bertz CT molecular complexity index is 1640. The molecule has 230 valence electrons. The summed E-state index contributed by atoms with van der Waals surface area (Å²) in [5.41, 5.74) is 9.57. The molecule has 4 saturated heterocycles. The number of amides is 2. The molecule has 4 atom stereocenters. The van der Waals surface area contributed by atoms with Gasteiger partial charge in [-0.05, 0) is 35.6 Å². The summed E-state index contributed by atoms with van der Waals surface area (Å²) >= 11 is 0. The van der Waals surface area contributed by atoms with Crippen molar-refractivity contribution in [2.24, 2.45) is 23.0 Å². The van der Waals surface area contributed by atoms with Crippen molar-refractivity contribution in [2.45, 2.75) is 58.2 Å². The van der Waals surface area contributed by atoms with Crippen molar-refractivity contribution in [2.75, 3.05) is 26.2 Å². The smallest absolute Gasteiger partial charge is 0.235 e. The zero-order valence-electron chi connectivity index (χ0n) is 25.0. The molecule has 2 amide bonds. The Morgan fingerprint density at radius 1 is 1.11 bits per heavy atom. The Balaban J connectivity index is 1.12. The first kappa shape index (κ1) is 28.7. The zero-order valence-corrected chi connectivity index (χ0v) is 25.0. The highest BCUT2D eigenvalue weighted by molar-refractivity contribution is 6.22. The summed E-state index contributed by atoms with van der Waals surface area (Å²) in [5, 5.41) is 22.2. The first-order valence-electron chi connectivity index (χ1n) is 15.5. The summed E-state index contributed by atoms with van der Waals surface area (Å²) in [6.07, 6.45) is 2.55. The Morgan fingerprint density at radius 3 is 2.45 bits per heavy atom. The number of quaternary nitrogens is 1. The van der Waals surface area contributed by atoms with E-state index >= 15 is 0 Å². The maximum atomic E-state index is 13.6. The van der Waals surface area contributed by atoms with Crippen LogP contribution in [0, 0.1) is 17.3 Å². The number of ether oxygens (including phenoxy) is 1. The maximum absolute atomic E-state index is 13.6. The van der Waals surface area contributed by atoms with Gasteiger partial charge in [-0.2, -0.15) is 0 Å². The summed E-state index contributed by atoms with van der Waals surface area (Å²) in [4.78, 5) is 51.3. The molecule has 8 rings (SSSR count). The number of benzene rings is 2. The molecule has 4 fully saturated rings. The maximum Gasteiger partial charge on any atom is 0.235 e. The van der Waals surface area contributed by atoms with Crippen LogP contribution in [-0.4, -0.2) is 76.4 Å². The van der Waals surface area contributed by atoms with Gasteiger partial charge < -0.3 is 34.9 Å². The van der Waals surface area contributed by atoms with Gasteiger partial charge in [0, 0.05) is 53.9 Å². The molecule has 10 heteroatoms. The van der Waals surface area contributed by atoms with Gasteiger partial charge in [0.15, 0.2) is 5.78 Å². The van der Waals surface area contributed by atoms with Gasteiger partial charge in [-0.3, -0.25) is 14.4 Å². The molecule has 5 aliphatic heterocycles. The van der Waals surface area contributed by atoms with Gasteiger partial charge in [0.1, 0.15) is 18.9 Å². The number of fused-ring (bicyclic) bond motifs is 7. The van der Waals surface area contributed by atoms with E-state index in [1.165, 1.54) is 11.8 Å². The Hall–Kier alpha value is -4.02. The standard InChI is InChI=1S/C34H37N3O7/c1-18-24(30(33(42)43)36-29(18)27(19(2)38)32(36)41)17-44-25-5-3-4-22-28(25)21-7-6-20(14-23(21)31(22)40)16-37-11-8-34(9-12-37,10-13-37)15-26(35)39/h3-7,14,18-19,27,29,38H,8-13,15-17H2,1-2H3,(H2-,35,39,42,43)/t18-,19?,27?,29?,34?,37?/m0/s1. The fourth-order valence-corrected chi connectivity index (χ4v) is 8.73. The van der Waals surface area contributed by atoms with Crippen LogP contribution in [0.1, 0.15) is 61.0 Å². The second kappa shape index (κ2) is 10.0. The lowest BCUT2D eigenvalue weighted by molar-refractivity contribution is -0.957. The number of hydrogen-bond donors (Lipinski definition) is 2. The van der Waals surface area contributed by atoms with Gasteiger partial charge in [0.2, 0.25) is 11.8 Å². The molecule has 0 saturated carbocycles. The van der Waals surface area contributed by atoms with E-state index in [1.807, 2.05) is 19.1 Å². The molecule has 2 aromatic rings. The SMILES string of the molecule is CC(O)C1C(=O)N2C(C(=O)[O-])=C(COc3cccc4c3-c3ccc(C[N+]56CCC(CC(N)=O)(CC5)CC6)cc3C4=O)[C@H](C)C12. The Labute approximate surface area is 255 Å². The molecule has 0 aromatic heterocycles. The summed E-state index contributed by atoms with van der Waals surface area (Å²) in [5.74, 6) is -2.71. The number of carboxylic acid groups (broad SMARTS) is 1. The second-order valence-electron chi connectivity index (χ2n) is 13.7. The molecule has 2 aromatic carbocycles. The summed E-state index contributed by atoms with van der Waals surface area (Å²) in [6, 6.07) is 10.9. The molecule has 0 spiro atoms. The van der Waals surface area contributed by atoms with Crippen molar-refractivity contribution in [3.8, 4) is 16.9 Å². The average molecular weight is 600 g/mol. The third kappa shape index (κ3) is 4.22. The molecule has 5 heterocycles. The molecule has 3 N–H and O–H groups in total. The number of primary amides is 1. The third-order valence-corrected chi connectivity index (χ3v) is 11.2. The number of β-lactam (4-membered cyclic amide) rings is 1. The number of hydrogen-bond acceptors (Lipinski definition) is 7. The van der Waals surface area contributed by atoms with Crippen molar-refractivity contribution in [3.05, 3.63) is 64.4 Å². The van der Waals surface area contributed by atoms with Gasteiger partial charge in [-0.1, -0.05) is 31.2 Å². The van der Waals surface area contributed by atoms with Crippen LogP contribution in [0.3, 0.4) is 0 Å². The number of rotatable bonds is 9. The highest BCUT2D eigenvalue weighted by atomic mass is 16.5. The molecule has 0 radical (unpaired) electrons. The van der Waals surface area contributed by atoms with E-state index in [9.17, 15) is 29.4 Å². The topological polar surface area (TPSA) is 150 Å². The number of nitrogens with zero attached hydrogens (tertiary/aromatic N) is 2. The van der Waals surface area contributed by atoms with Crippen molar-refractivity contribution in [3.63, 3.8) is 0 Å². The molecule has 44 heavy (non-hydrogen) atoms.